The van der Waals surface area contributed by atoms with Gasteiger partial charge in [0.05, 0.1) is 65.8 Å². The minimum atomic E-state index is -1.73. The monoisotopic (exact) mass is 2210 g/mol. The molecule has 1 aliphatic rings. The normalized spacial score (nSPS) is 12.6. The van der Waals surface area contributed by atoms with Crippen LogP contribution >= 0.6 is 0 Å². The van der Waals surface area contributed by atoms with Gasteiger partial charge in [-0.25, -0.2) is 0 Å². The first-order valence-electron chi connectivity index (χ1n) is 43.2. The molecule has 9 aromatic carbocycles. The Kier molecular flexibility index (Phi) is 41.7. The number of rotatable bonds is 16. The summed E-state index contributed by atoms with van der Waals surface area (Å²) in [5.74, 6) is 2.33. The van der Waals surface area contributed by atoms with E-state index >= 15 is 0 Å². The van der Waals surface area contributed by atoms with Gasteiger partial charge < -0.3 is 30.6 Å². The summed E-state index contributed by atoms with van der Waals surface area (Å²) >= 11 is 0. The van der Waals surface area contributed by atoms with Crippen LogP contribution in [-0.4, -0.2) is 72.0 Å². The third-order valence-corrected chi connectivity index (χ3v) is 30.1. The van der Waals surface area contributed by atoms with Gasteiger partial charge in [0, 0.05) is 99.7 Å². The first-order valence-corrected chi connectivity index (χ1v) is 45.4. The molecule has 6 N–H and O–H groups in total. The zero-order chi connectivity index (χ0) is 89.0. The molecule has 13 aromatic rings. The Morgan fingerprint density at radius 2 is 0.798 bits per heavy atom. The molecule has 14 rings (SSSR count). The second kappa shape index (κ2) is 48.8. The Labute approximate surface area is 783 Å². The van der Waals surface area contributed by atoms with Crippen molar-refractivity contribution in [1.82, 2.24) is 15.0 Å². The van der Waals surface area contributed by atoms with Crippen LogP contribution in [0.5, 0.6) is 0 Å². The first-order chi connectivity index (χ1) is 57.2. The van der Waals surface area contributed by atoms with E-state index < -0.39 is 26.4 Å². The number of hydrogen-bond donors (Lipinski definition) is 6. The Morgan fingerprint density at radius 3 is 1.20 bits per heavy atom. The minimum absolute atomic E-state index is 0. The average Bonchev–Trinajstić information content (AvgIpc) is 1.64. The molecule has 0 saturated heterocycles. The molecule has 10 nitrogen and oxygen atoms in total. The second-order valence-corrected chi connectivity index (χ2v) is 41.0. The number of aliphatic hydroxyl groups excluding tert-OH is 6. The van der Waals surface area contributed by atoms with Gasteiger partial charge in [-0.2, -0.15) is 4.57 Å². The molecule has 0 bridgehead atoms. The zero-order valence-corrected chi connectivity index (χ0v) is 86.2. The number of pyridine rings is 4. The van der Waals surface area contributed by atoms with E-state index in [2.05, 4.69) is 319 Å². The topological polar surface area (TPSA) is 164 Å². The van der Waals surface area contributed by atoms with Crippen LogP contribution in [0.15, 0.2) is 230 Å². The molecule has 663 valence electrons. The van der Waals surface area contributed by atoms with Crippen molar-refractivity contribution < 1.29 is 95.5 Å². The molecule has 0 aliphatic carbocycles. The van der Waals surface area contributed by atoms with Crippen molar-refractivity contribution in [3.8, 4) is 45.0 Å². The Bertz CT molecular complexity index is 5730. The van der Waals surface area contributed by atoms with Crippen molar-refractivity contribution in [3.63, 3.8) is 0 Å². The van der Waals surface area contributed by atoms with Gasteiger partial charge in [0.2, 0.25) is 11.2 Å². The average molecular weight is 2210 g/mol. The summed E-state index contributed by atoms with van der Waals surface area (Å²) in [5, 5.41) is 59.4. The van der Waals surface area contributed by atoms with Crippen molar-refractivity contribution in [1.29, 1.82) is 0 Å². The number of allylic oxidation sites excluding steroid dienone is 3. The Balaban J connectivity index is 0.000000266. The van der Waals surface area contributed by atoms with Crippen LogP contribution in [0.2, 0.25) is 16.6 Å². The predicted molar refractivity (Wildman–Crippen MR) is 516 cm³/mol. The van der Waals surface area contributed by atoms with Crippen molar-refractivity contribution in [2.45, 2.75) is 240 Å². The molecule has 0 fully saturated rings. The molecule has 0 saturated carbocycles. The fourth-order valence-corrected chi connectivity index (χ4v) is 23.7. The standard InChI is InChI=1S/C26H34NSi.C22H24N.C21H22N.C20H20N.C11H14O2.2C5H10O2.3Ir/c1-17(2)28(18(3)4,19(5)6)26-11-9-10-25-23(26)14-15-24(27-25)22-13-12-20(7)21(8)16-22;1-14(2)10-17-6-5-7-21-19(17)8-9-22-20-12-16(4)15(3)11-18(20)13-23(21)22;1-14(2)12-17-6-5-7-21-19(17)10-11-20(22-21)18-9-8-15(3)16(4)13-18;1-13(2)17-6-5-7-20-18(17)10-11-19(21-20)16-9-8-14(3)15(4)12-16;1-8(12)11(9(2)13)10-6-4-3-5-7-10;2*1-4(6)3-5(2)7;;;/h9-12,14-19H,1-8H3;5-9,11-12,14H,10,13H2,1-4H3;5-8,10-11,13-14H,12H2,1-4H3;5-8,10-13H,1-4H3;3-8,12-13H,1-2H3;2*3-4,6-7H,1-2H3;;;/q-1;+1;2*-1;;;;;;. The fraction of sp³-hybridized carbons (Fsp3) is 0.345. The van der Waals surface area contributed by atoms with E-state index in [1.54, 1.807) is 32.9 Å². The molecule has 124 heavy (non-hydrogen) atoms. The molecule has 3 radical (unpaired) electrons. The van der Waals surface area contributed by atoms with Crippen LogP contribution < -0.4 is 9.75 Å². The number of fused-ring (bicyclic) bond motifs is 8. The van der Waals surface area contributed by atoms with Crippen molar-refractivity contribution >= 4 is 62.4 Å². The minimum Gasteiger partial charge on any atom is -0.513 e. The molecule has 3 atom stereocenters. The Morgan fingerprint density at radius 1 is 0.411 bits per heavy atom. The van der Waals surface area contributed by atoms with Gasteiger partial charge in [-0.1, -0.05) is 240 Å². The van der Waals surface area contributed by atoms with Crippen LogP contribution in [0.3, 0.4) is 0 Å². The summed E-state index contributed by atoms with van der Waals surface area (Å²) in [7, 11) is -1.73. The van der Waals surface area contributed by atoms with Crippen LogP contribution in [-0.2, 0) is 79.7 Å². The first kappa shape index (κ1) is 106. The number of nitrogens with zero attached hydrogens (tertiary/aromatic N) is 4. The van der Waals surface area contributed by atoms with Crippen LogP contribution in [0.4, 0.5) is 0 Å². The number of aromatic nitrogens is 4. The largest absolute Gasteiger partial charge is 0.513 e. The molecule has 1 aliphatic heterocycles. The molecular weight excluding hydrogens is 2080 g/mol. The van der Waals surface area contributed by atoms with E-state index in [9.17, 15) is 10.2 Å². The molecule has 14 heteroatoms. The number of hydrogen-bond acceptors (Lipinski definition) is 9. The zero-order valence-electron chi connectivity index (χ0n) is 78.0. The molecule has 0 spiro atoms. The summed E-state index contributed by atoms with van der Waals surface area (Å²) in [4.78, 5) is 14.7. The molecule has 0 amide bonds. The summed E-state index contributed by atoms with van der Waals surface area (Å²) < 4.78 is 2.49. The maximum atomic E-state index is 9.42. The van der Waals surface area contributed by atoms with Crippen LogP contribution in [0.1, 0.15) is 203 Å². The van der Waals surface area contributed by atoms with Crippen LogP contribution in [0.25, 0.3) is 94.2 Å². The van der Waals surface area contributed by atoms with Gasteiger partial charge in [-0.3, -0.25) is 15.0 Å². The summed E-state index contributed by atoms with van der Waals surface area (Å²) in [6.45, 7) is 55.7. The molecule has 5 heterocycles. The van der Waals surface area contributed by atoms with Gasteiger partial charge in [0.15, 0.2) is 6.54 Å². The maximum Gasteiger partial charge on any atom is 0.213 e. The number of aryl methyl sites for hydroxylation is 8. The van der Waals surface area contributed by atoms with Crippen molar-refractivity contribution in [3.05, 3.63) is 320 Å². The van der Waals surface area contributed by atoms with E-state index in [0.717, 1.165) is 75.3 Å². The fourth-order valence-electron chi connectivity index (χ4n) is 16.8. The molecular formula is C110H134Ir3N4O6Si-2. The number of aliphatic hydroxyl groups is 6. The summed E-state index contributed by atoms with van der Waals surface area (Å²) in [6.07, 6.45) is 3.23. The van der Waals surface area contributed by atoms with Gasteiger partial charge >= 0.3 is 0 Å². The van der Waals surface area contributed by atoms with E-state index in [1.165, 1.54) is 131 Å². The van der Waals surface area contributed by atoms with Gasteiger partial charge in [-0.15, -0.1) is 105 Å². The van der Waals surface area contributed by atoms with E-state index in [1.807, 2.05) is 42.5 Å². The quantitative estimate of drug-likeness (QED) is 0.0239. The summed E-state index contributed by atoms with van der Waals surface area (Å²) in [5.41, 5.74) is 33.2. The Hall–Kier alpha value is -8.72. The van der Waals surface area contributed by atoms with Gasteiger partial charge in [0.1, 0.15) is 0 Å². The predicted octanol–water partition coefficient (Wildman–Crippen LogP) is 27.1. The summed E-state index contributed by atoms with van der Waals surface area (Å²) in [6, 6.07) is 81.0. The maximum absolute atomic E-state index is 9.42. The van der Waals surface area contributed by atoms with Gasteiger partial charge in [0.25, 0.3) is 0 Å². The van der Waals surface area contributed by atoms with Crippen molar-refractivity contribution in [2.75, 3.05) is 0 Å². The molecule has 3 unspecified atom stereocenters. The smallest absolute Gasteiger partial charge is 0.213 e. The third kappa shape index (κ3) is 27.9. The van der Waals surface area contributed by atoms with E-state index in [-0.39, 0.29) is 77.6 Å². The van der Waals surface area contributed by atoms with E-state index in [0.29, 0.717) is 40.0 Å². The second-order valence-electron chi connectivity index (χ2n) is 35.1. The van der Waals surface area contributed by atoms with E-state index in [4.69, 9.17) is 35.4 Å². The third-order valence-electron chi connectivity index (χ3n) is 23.0. The van der Waals surface area contributed by atoms with Crippen LogP contribution in [0, 0.1) is 85.4 Å². The SMILES string of the molecule is CC(O)=C(c1ccccc1)C(C)O.CC(O)=CC(C)O.CC(O)=CC(C)O.Cc1c[c-]c(-c2ccc3c(C(C)C)cccc3n2)cc1C.Cc1c[c-]c(-c2ccc3c(CC(C)C)cccc3n2)cc1C.Cc1c[c-]c(-c2ccc3c([Si](C(C)C)(C(C)C)C(C)C)cccc3n2)cc1C.Cc1cc2c(cc1C)-c1ccc3c(CC(C)C)cccc3[n+]1C2.[Ir].[Ir].[Ir]. The number of benzene rings is 9. The van der Waals surface area contributed by atoms with Gasteiger partial charge in [-0.05, 0) is 212 Å². The van der Waals surface area contributed by atoms with Crippen molar-refractivity contribution in [2.24, 2.45) is 11.8 Å². The molecule has 4 aromatic heterocycles.